The van der Waals surface area contributed by atoms with Gasteiger partial charge in [-0.2, -0.15) is 0 Å². The molecule has 0 radical (unpaired) electrons. The SMILES string of the molecule is CC(C)(C)CCN1CCNCC12CCCC2. The van der Waals surface area contributed by atoms with Crippen molar-refractivity contribution in [1.29, 1.82) is 0 Å². The molecule has 1 heterocycles. The maximum Gasteiger partial charge on any atom is 0.0334 e. The maximum absolute atomic E-state index is 3.60. The Morgan fingerprint density at radius 2 is 1.88 bits per heavy atom. The predicted octanol–water partition coefficient (Wildman–Crippen LogP) is 2.64. The second kappa shape index (κ2) is 4.66. The molecule has 2 nitrogen and oxygen atoms in total. The van der Waals surface area contributed by atoms with Crippen LogP contribution < -0.4 is 5.32 Å². The van der Waals surface area contributed by atoms with E-state index in [0.717, 1.165) is 0 Å². The van der Waals surface area contributed by atoms with Crippen LogP contribution in [-0.2, 0) is 0 Å². The Kier molecular flexibility index (Phi) is 3.60. The van der Waals surface area contributed by atoms with E-state index in [-0.39, 0.29) is 0 Å². The van der Waals surface area contributed by atoms with Crippen LogP contribution in [0.15, 0.2) is 0 Å². The van der Waals surface area contributed by atoms with E-state index in [2.05, 4.69) is 31.0 Å². The van der Waals surface area contributed by atoms with Crippen molar-refractivity contribution < 1.29 is 0 Å². The van der Waals surface area contributed by atoms with Gasteiger partial charge in [0.05, 0.1) is 0 Å². The highest BCUT2D eigenvalue weighted by Gasteiger charge is 2.40. The number of rotatable bonds is 2. The van der Waals surface area contributed by atoms with Crippen molar-refractivity contribution in [2.75, 3.05) is 26.2 Å². The standard InChI is InChI=1S/C14H28N2/c1-13(2,3)8-10-16-11-9-15-12-14(16)6-4-5-7-14/h15H,4-12H2,1-3H3. The lowest BCUT2D eigenvalue weighted by Gasteiger charge is -2.46. The van der Waals surface area contributed by atoms with Gasteiger partial charge >= 0.3 is 0 Å². The summed E-state index contributed by atoms with van der Waals surface area (Å²) in [5.41, 5.74) is 1.01. The summed E-state index contributed by atoms with van der Waals surface area (Å²) in [6, 6.07) is 0. The van der Waals surface area contributed by atoms with Gasteiger partial charge in [-0.3, -0.25) is 4.90 Å². The molecule has 16 heavy (non-hydrogen) atoms. The molecule has 2 fully saturated rings. The lowest BCUT2D eigenvalue weighted by molar-refractivity contribution is 0.0545. The summed E-state index contributed by atoms with van der Waals surface area (Å²) >= 11 is 0. The lowest BCUT2D eigenvalue weighted by Crippen LogP contribution is -2.60. The highest BCUT2D eigenvalue weighted by molar-refractivity contribution is 4.99. The molecular formula is C14H28N2. The first kappa shape index (κ1) is 12.4. The average Bonchev–Trinajstić information content (AvgIpc) is 2.65. The molecular weight excluding hydrogens is 196 g/mol. The van der Waals surface area contributed by atoms with Crippen molar-refractivity contribution in [3.05, 3.63) is 0 Å². The fraction of sp³-hybridized carbons (Fsp3) is 1.00. The molecule has 94 valence electrons. The minimum atomic E-state index is 0.477. The van der Waals surface area contributed by atoms with E-state index in [1.807, 2.05) is 0 Å². The van der Waals surface area contributed by atoms with Gasteiger partial charge in [-0.15, -0.1) is 0 Å². The molecule has 1 saturated heterocycles. The molecule has 0 aromatic heterocycles. The number of nitrogens with one attached hydrogen (secondary N) is 1. The minimum Gasteiger partial charge on any atom is -0.314 e. The van der Waals surface area contributed by atoms with Crippen LogP contribution in [0.3, 0.4) is 0 Å². The van der Waals surface area contributed by atoms with Crippen LogP contribution in [0, 0.1) is 5.41 Å². The zero-order valence-corrected chi connectivity index (χ0v) is 11.3. The van der Waals surface area contributed by atoms with E-state index in [4.69, 9.17) is 0 Å². The quantitative estimate of drug-likeness (QED) is 0.776. The molecule has 2 rings (SSSR count). The van der Waals surface area contributed by atoms with Crippen molar-refractivity contribution >= 4 is 0 Å². The van der Waals surface area contributed by atoms with Crippen molar-refractivity contribution in [2.24, 2.45) is 5.41 Å². The maximum atomic E-state index is 3.60. The Labute approximate surface area is 101 Å². The Morgan fingerprint density at radius 3 is 2.50 bits per heavy atom. The van der Waals surface area contributed by atoms with Gasteiger partial charge < -0.3 is 5.32 Å². The third-order valence-corrected chi connectivity index (χ3v) is 4.35. The third-order valence-electron chi connectivity index (χ3n) is 4.35. The first-order valence-electron chi connectivity index (χ1n) is 6.98. The van der Waals surface area contributed by atoms with E-state index < -0.39 is 0 Å². The molecule has 2 aliphatic rings. The molecule has 1 saturated carbocycles. The van der Waals surface area contributed by atoms with E-state index in [0.29, 0.717) is 11.0 Å². The molecule has 0 amide bonds. The van der Waals surface area contributed by atoms with Crippen LogP contribution >= 0.6 is 0 Å². The Balaban J connectivity index is 1.94. The third kappa shape index (κ3) is 2.78. The van der Waals surface area contributed by atoms with Crippen molar-refractivity contribution in [1.82, 2.24) is 10.2 Å². The largest absolute Gasteiger partial charge is 0.314 e. The van der Waals surface area contributed by atoms with Crippen LogP contribution in [0.5, 0.6) is 0 Å². The van der Waals surface area contributed by atoms with Gasteiger partial charge in [-0.1, -0.05) is 33.6 Å². The highest BCUT2D eigenvalue weighted by atomic mass is 15.3. The molecule has 1 aliphatic heterocycles. The van der Waals surface area contributed by atoms with Crippen molar-refractivity contribution in [3.63, 3.8) is 0 Å². The summed E-state index contributed by atoms with van der Waals surface area (Å²) in [7, 11) is 0. The molecule has 0 unspecified atom stereocenters. The summed E-state index contributed by atoms with van der Waals surface area (Å²) in [5.74, 6) is 0. The minimum absolute atomic E-state index is 0.477. The van der Waals surface area contributed by atoms with Crippen LogP contribution in [0.1, 0.15) is 52.9 Å². The van der Waals surface area contributed by atoms with Crippen LogP contribution in [0.2, 0.25) is 0 Å². The molecule has 0 aromatic carbocycles. The highest BCUT2D eigenvalue weighted by Crippen LogP contribution is 2.36. The molecule has 1 aliphatic carbocycles. The summed E-state index contributed by atoms with van der Waals surface area (Å²) in [4.78, 5) is 2.79. The second-order valence-electron chi connectivity index (χ2n) is 6.91. The van der Waals surface area contributed by atoms with E-state index in [1.165, 1.54) is 58.3 Å². The Hall–Kier alpha value is -0.0800. The van der Waals surface area contributed by atoms with Crippen LogP contribution in [0.25, 0.3) is 0 Å². The summed E-state index contributed by atoms with van der Waals surface area (Å²) in [6.45, 7) is 12.0. The van der Waals surface area contributed by atoms with Gasteiger partial charge in [0.1, 0.15) is 0 Å². The summed E-state index contributed by atoms with van der Waals surface area (Å²) in [6.07, 6.45) is 7.05. The van der Waals surface area contributed by atoms with E-state index in [1.54, 1.807) is 0 Å². The number of piperazine rings is 1. The second-order valence-corrected chi connectivity index (χ2v) is 6.91. The first-order chi connectivity index (χ1) is 7.52. The molecule has 0 aromatic rings. The van der Waals surface area contributed by atoms with Crippen molar-refractivity contribution in [3.8, 4) is 0 Å². The lowest BCUT2D eigenvalue weighted by atomic mass is 9.88. The normalized spacial score (nSPS) is 26.4. The molecule has 1 N–H and O–H groups in total. The molecule has 1 spiro atoms. The fourth-order valence-corrected chi connectivity index (χ4v) is 3.23. The Morgan fingerprint density at radius 1 is 1.19 bits per heavy atom. The number of nitrogens with zero attached hydrogens (tertiary/aromatic N) is 1. The van der Waals surface area contributed by atoms with Gasteiger partial charge in [0.15, 0.2) is 0 Å². The van der Waals surface area contributed by atoms with Crippen LogP contribution in [-0.4, -0.2) is 36.6 Å². The van der Waals surface area contributed by atoms with Gasteiger partial charge in [-0.25, -0.2) is 0 Å². The average molecular weight is 224 g/mol. The van der Waals surface area contributed by atoms with E-state index >= 15 is 0 Å². The van der Waals surface area contributed by atoms with Gasteiger partial charge in [0, 0.05) is 25.2 Å². The first-order valence-corrected chi connectivity index (χ1v) is 6.98. The summed E-state index contributed by atoms with van der Waals surface area (Å²) in [5, 5.41) is 3.60. The van der Waals surface area contributed by atoms with Crippen LogP contribution in [0.4, 0.5) is 0 Å². The van der Waals surface area contributed by atoms with Crippen molar-refractivity contribution in [2.45, 2.75) is 58.4 Å². The van der Waals surface area contributed by atoms with Gasteiger partial charge in [-0.05, 0) is 31.2 Å². The molecule has 2 heteroatoms. The smallest absolute Gasteiger partial charge is 0.0334 e. The predicted molar refractivity (Wildman–Crippen MR) is 69.7 cm³/mol. The summed E-state index contributed by atoms with van der Waals surface area (Å²) < 4.78 is 0. The van der Waals surface area contributed by atoms with Gasteiger partial charge in [0.25, 0.3) is 0 Å². The number of hydrogen-bond acceptors (Lipinski definition) is 2. The molecule has 0 bridgehead atoms. The number of hydrogen-bond donors (Lipinski definition) is 1. The fourth-order valence-electron chi connectivity index (χ4n) is 3.23. The zero-order valence-electron chi connectivity index (χ0n) is 11.3. The van der Waals surface area contributed by atoms with Gasteiger partial charge in [0.2, 0.25) is 0 Å². The monoisotopic (exact) mass is 224 g/mol. The topological polar surface area (TPSA) is 15.3 Å². The zero-order chi connectivity index (χ0) is 11.6. The molecule has 0 atom stereocenters. The Bertz CT molecular complexity index is 223. The van der Waals surface area contributed by atoms with E-state index in [9.17, 15) is 0 Å².